The quantitative estimate of drug-likeness (QED) is 0.698. The number of phosphoric acid groups is 1. The highest BCUT2D eigenvalue weighted by Crippen LogP contribution is 2.52. The molecule has 9 heteroatoms. The molecule has 1 N–H and O–H groups in total. The van der Waals surface area contributed by atoms with E-state index in [1.54, 1.807) is 18.2 Å². The number of hydrogen-bond donors (Lipinski definition) is 1. The van der Waals surface area contributed by atoms with Gasteiger partial charge in [0, 0.05) is 0 Å². The molecule has 0 saturated carbocycles. The van der Waals surface area contributed by atoms with Gasteiger partial charge in [0.05, 0.1) is 19.8 Å². The van der Waals surface area contributed by atoms with Crippen LogP contribution in [0, 0.1) is 0 Å². The molecule has 0 aliphatic carbocycles. The van der Waals surface area contributed by atoms with E-state index >= 15 is 0 Å². The highest BCUT2D eigenvalue weighted by atomic mass is 31.2. The van der Waals surface area contributed by atoms with Crippen LogP contribution in [0.4, 0.5) is 0 Å². The number of aromatic hydroxyl groups is 1. The zero-order valence-electron chi connectivity index (χ0n) is 13.2. The second-order valence-corrected chi connectivity index (χ2v) is 7.17. The van der Waals surface area contributed by atoms with Crippen LogP contribution in [0.25, 0.3) is 16.7 Å². The highest BCUT2D eigenvalue weighted by molar-refractivity contribution is 7.48. The average molecular weight is 361 g/mol. The van der Waals surface area contributed by atoms with Crippen molar-refractivity contribution in [2.24, 2.45) is 0 Å². The Hall–Kier alpha value is -2.25. The Kier molecular flexibility index (Phi) is 4.27. The maximum atomic E-state index is 11.9. The molecule has 4 rings (SSSR count). The number of aromatic nitrogens is 3. The average Bonchev–Trinajstić information content (AvgIpc) is 3.23. The number of nitrogens with zero attached hydrogens (tertiary/aromatic N) is 3. The maximum Gasteiger partial charge on any atom is 0.474 e. The van der Waals surface area contributed by atoms with Crippen LogP contribution < -0.4 is 0 Å². The smallest absolute Gasteiger partial charge is 0.474 e. The lowest BCUT2D eigenvalue weighted by Gasteiger charge is -2.10. The normalized spacial score (nSPS) is 16.5. The number of phenolic OH excluding ortho intramolecular Hbond substituents is 1. The van der Waals surface area contributed by atoms with Crippen LogP contribution in [0.15, 0.2) is 42.5 Å². The zero-order chi connectivity index (χ0) is 17.3. The number of hydrogen-bond acceptors (Lipinski definition) is 7. The minimum atomic E-state index is -3.39. The van der Waals surface area contributed by atoms with E-state index in [0.717, 1.165) is 16.6 Å². The summed E-state index contributed by atoms with van der Waals surface area (Å²) in [6.45, 7) is 0.730. The van der Waals surface area contributed by atoms with Crippen molar-refractivity contribution in [1.29, 1.82) is 0 Å². The molecule has 25 heavy (non-hydrogen) atoms. The van der Waals surface area contributed by atoms with Crippen molar-refractivity contribution in [2.75, 3.05) is 19.8 Å². The monoisotopic (exact) mass is 361 g/mol. The van der Waals surface area contributed by atoms with Gasteiger partial charge in [-0.1, -0.05) is 18.2 Å². The predicted octanol–water partition coefficient (Wildman–Crippen LogP) is 2.84. The maximum absolute atomic E-state index is 11.9. The van der Waals surface area contributed by atoms with Gasteiger partial charge in [0.15, 0.2) is 0 Å². The van der Waals surface area contributed by atoms with Crippen molar-refractivity contribution in [3.8, 4) is 11.4 Å². The third-order valence-corrected chi connectivity index (χ3v) is 5.26. The topological polar surface area (TPSA) is 95.7 Å². The Morgan fingerprint density at radius 2 is 1.80 bits per heavy atom. The van der Waals surface area contributed by atoms with E-state index in [9.17, 15) is 9.67 Å². The molecule has 8 nitrogen and oxygen atoms in total. The fourth-order valence-corrected chi connectivity index (χ4v) is 3.67. The van der Waals surface area contributed by atoms with Crippen LogP contribution in [0.3, 0.4) is 0 Å². The molecule has 1 aromatic heterocycles. The lowest BCUT2D eigenvalue weighted by molar-refractivity contribution is 0.192. The van der Waals surface area contributed by atoms with Gasteiger partial charge in [0.2, 0.25) is 0 Å². The molecule has 0 amide bonds. The van der Waals surface area contributed by atoms with Crippen molar-refractivity contribution in [3.05, 3.63) is 48.0 Å². The molecule has 1 fully saturated rings. The largest absolute Gasteiger partial charge is 0.506 e. The lowest BCUT2D eigenvalue weighted by Crippen LogP contribution is -2.02. The first kappa shape index (κ1) is 16.2. The van der Waals surface area contributed by atoms with Crippen molar-refractivity contribution in [3.63, 3.8) is 0 Å². The second-order valence-electron chi connectivity index (χ2n) is 5.50. The number of rotatable bonds is 5. The first-order valence-corrected chi connectivity index (χ1v) is 9.27. The van der Waals surface area contributed by atoms with Gasteiger partial charge in [-0.05, 0) is 36.2 Å². The van der Waals surface area contributed by atoms with Crippen molar-refractivity contribution in [1.82, 2.24) is 15.0 Å². The molecule has 0 atom stereocenters. The molecule has 1 aliphatic heterocycles. The Balaban J connectivity index is 1.53. The molecule has 2 heterocycles. The van der Waals surface area contributed by atoms with E-state index in [-0.39, 0.29) is 25.6 Å². The van der Waals surface area contributed by atoms with E-state index in [1.807, 2.05) is 24.3 Å². The molecule has 0 spiro atoms. The third-order valence-electron chi connectivity index (χ3n) is 3.76. The van der Waals surface area contributed by atoms with Crippen molar-refractivity contribution < 1.29 is 23.2 Å². The summed E-state index contributed by atoms with van der Waals surface area (Å²) < 4.78 is 27.1. The minimum absolute atomic E-state index is 0.0697. The summed E-state index contributed by atoms with van der Waals surface area (Å²) in [5.41, 5.74) is 2.82. The van der Waals surface area contributed by atoms with Crippen molar-refractivity contribution in [2.45, 2.75) is 6.42 Å². The van der Waals surface area contributed by atoms with Gasteiger partial charge in [0.1, 0.15) is 22.5 Å². The van der Waals surface area contributed by atoms with E-state index in [0.29, 0.717) is 12.1 Å². The lowest BCUT2D eigenvalue weighted by atomic mass is 10.1. The fraction of sp³-hybridized carbons (Fsp3) is 0.250. The Morgan fingerprint density at radius 1 is 1.12 bits per heavy atom. The highest BCUT2D eigenvalue weighted by Gasteiger charge is 2.31. The molecular weight excluding hydrogens is 345 g/mol. The van der Waals surface area contributed by atoms with Gasteiger partial charge in [-0.2, -0.15) is 0 Å². The molecule has 2 aromatic carbocycles. The summed E-state index contributed by atoms with van der Waals surface area (Å²) in [5, 5.41) is 18.9. The molecule has 0 bridgehead atoms. The molecule has 1 aliphatic rings. The predicted molar refractivity (Wildman–Crippen MR) is 89.7 cm³/mol. The summed E-state index contributed by atoms with van der Waals surface area (Å²) in [6, 6.07) is 12.6. The van der Waals surface area contributed by atoms with Gasteiger partial charge in [-0.15, -0.1) is 15.0 Å². The van der Waals surface area contributed by atoms with Crippen molar-refractivity contribution >= 4 is 18.9 Å². The number of phenols is 1. The molecule has 1 saturated heterocycles. The van der Waals surface area contributed by atoms with Gasteiger partial charge >= 0.3 is 7.82 Å². The van der Waals surface area contributed by atoms with E-state index in [2.05, 4.69) is 10.2 Å². The molecule has 0 radical (unpaired) electrons. The summed E-state index contributed by atoms with van der Waals surface area (Å²) >= 11 is 0. The van der Waals surface area contributed by atoms with Gasteiger partial charge in [-0.25, -0.2) is 4.57 Å². The first-order chi connectivity index (χ1) is 12.1. The SMILES string of the molecule is O=P1(OCCc2ccc(O)c(-n3nc4ccccc4n3)c2)OCCO1. The van der Waals surface area contributed by atoms with E-state index < -0.39 is 7.82 Å². The number of fused-ring (bicyclic) bond motifs is 1. The van der Waals surface area contributed by atoms with E-state index in [4.69, 9.17) is 13.6 Å². The van der Waals surface area contributed by atoms with Crippen LogP contribution >= 0.6 is 7.82 Å². The molecular formula is C16H16N3O5P. The van der Waals surface area contributed by atoms with Crippen LogP contribution in [0.5, 0.6) is 5.75 Å². The van der Waals surface area contributed by atoms with Gasteiger partial charge in [0.25, 0.3) is 0 Å². The Bertz CT molecular complexity index is 915. The van der Waals surface area contributed by atoms with Crippen LogP contribution in [-0.4, -0.2) is 39.9 Å². The van der Waals surface area contributed by atoms with Crippen LogP contribution in [0.2, 0.25) is 0 Å². The number of phosphoric ester groups is 1. The first-order valence-electron chi connectivity index (χ1n) is 7.81. The fourth-order valence-electron chi connectivity index (χ4n) is 2.54. The zero-order valence-corrected chi connectivity index (χ0v) is 14.1. The van der Waals surface area contributed by atoms with E-state index in [1.165, 1.54) is 4.80 Å². The standard InChI is InChI=1S/C16H16N3O5P/c20-16-6-5-12(7-8-22-25(21)23-9-10-24-25)11-15(16)19-17-13-3-1-2-4-14(13)18-19/h1-6,11,20H,7-10H2. The van der Waals surface area contributed by atoms with Crippen LogP contribution in [-0.2, 0) is 24.6 Å². The second kappa shape index (κ2) is 6.57. The summed E-state index contributed by atoms with van der Waals surface area (Å²) in [4.78, 5) is 1.40. The number of benzene rings is 2. The summed E-state index contributed by atoms with van der Waals surface area (Å²) in [5.74, 6) is 0.0697. The minimum Gasteiger partial charge on any atom is -0.506 e. The molecule has 3 aromatic rings. The third kappa shape index (κ3) is 3.43. The van der Waals surface area contributed by atoms with Gasteiger partial charge in [-0.3, -0.25) is 13.6 Å². The van der Waals surface area contributed by atoms with Gasteiger partial charge < -0.3 is 5.11 Å². The molecule has 130 valence electrons. The summed E-state index contributed by atoms with van der Waals surface area (Å²) in [6.07, 6.45) is 0.477. The van der Waals surface area contributed by atoms with Crippen LogP contribution in [0.1, 0.15) is 5.56 Å². The summed E-state index contributed by atoms with van der Waals surface area (Å²) in [7, 11) is -3.39. The molecule has 0 unspecified atom stereocenters. The Labute approximate surface area is 143 Å². The Morgan fingerprint density at radius 3 is 2.48 bits per heavy atom.